The second-order valence-electron chi connectivity index (χ2n) is 6.25. The Morgan fingerprint density at radius 1 is 1.31 bits per heavy atom. The quantitative estimate of drug-likeness (QED) is 0.464. The van der Waals surface area contributed by atoms with Crippen molar-refractivity contribution >= 4 is 23.3 Å². The molecule has 0 unspecified atom stereocenters. The van der Waals surface area contributed by atoms with E-state index < -0.39 is 23.6 Å². The van der Waals surface area contributed by atoms with Crippen molar-refractivity contribution in [3.63, 3.8) is 0 Å². The zero-order valence-electron chi connectivity index (χ0n) is 14.6. The molecule has 1 fully saturated rings. The van der Waals surface area contributed by atoms with Crippen LogP contribution in [-0.4, -0.2) is 42.3 Å². The predicted molar refractivity (Wildman–Crippen MR) is 95.2 cm³/mol. The molecule has 1 aromatic rings. The van der Waals surface area contributed by atoms with Crippen LogP contribution in [0, 0.1) is 11.6 Å². The monoisotopic (exact) mass is 382 g/mol. The first-order valence-electron chi connectivity index (χ1n) is 8.36. The molecule has 5 nitrogen and oxygen atoms in total. The predicted octanol–water partition coefficient (Wildman–Crippen LogP) is 2.82. The number of carbonyl (C=O) groups is 1. The van der Waals surface area contributed by atoms with E-state index in [0.717, 1.165) is 25.0 Å². The molecule has 0 radical (unpaired) electrons. The summed E-state index contributed by atoms with van der Waals surface area (Å²) in [6.07, 6.45) is 1.90. The highest BCUT2D eigenvalue weighted by atomic mass is 32.1. The van der Waals surface area contributed by atoms with Crippen LogP contribution in [0.3, 0.4) is 0 Å². The SMILES string of the molecule is COCCOC(=O)C1=C(C)N(C2CC2)C(=S)N[C@@H]1c1c(F)cccc1F. The highest BCUT2D eigenvalue weighted by Crippen LogP contribution is 2.39. The van der Waals surface area contributed by atoms with Gasteiger partial charge in [-0.3, -0.25) is 0 Å². The van der Waals surface area contributed by atoms with Crippen LogP contribution in [0.2, 0.25) is 0 Å². The summed E-state index contributed by atoms with van der Waals surface area (Å²) in [5, 5.41) is 3.28. The van der Waals surface area contributed by atoms with E-state index in [4.69, 9.17) is 21.7 Å². The number of benzene rings is 1. The van der Waals surface area contributed by atoms with Crippen LogP contribution in [0.5, 0.6) is 0 Å². The number of nitrogens with zero attached hydrogens (tertiary/aromatic N) is 1. The normalized spacial score (nSPS) is 20.2. The van der Waals surface area contributed by atoms with Gasteiger partial charge in [-0.15, -0.1) is 0 Å². The molecule has 1 N–H and O–H groups in total. The third kappa shape index (κ3) is 3.57. The summed E-state index contributed by atoms with van der Waals surface area (Å²) >= 11 is 5.39. The second-order valence-corrected chi connectivity index (χ2v) is 6.63. The molecule has 3 rings (SSSR count). The van der Waals surface area contributed by atoms with Gasteiger partial charge >= 0.3 is 5.97 Å². The molecule has 1 heterocycles. The molecule has 1 saturated carbocycles. The number of methoxy groups -OCH3 is 1. The number of esters is 1. The Morgan fingerprint density at radius 3 is 2.54 bits per heavy atom. The number of nitrogens with one attached hydrogen (secondary N) is 1. The average Bonchev–Trinajstić information content (AvgIpc) is 3.39. The molecule has 0 aromatic heterocycles. The van der Waals surface area contributed by atoms with Gasteiger partial charge in [-0.1, -0.05) is 6.07 Å². The third-order valence-electron chi connectivity index (χ3n) is 4.47. The van der Waals surface area contributed by atoms with Gasteiger partial charge in [0, 0.05) is 18.8 Å². The van der Waals surface area contributed by atoms with Crippen molar-refractivity contribution in [3.05, 3.63) is 46.7 Å². The maximum Gasteiger partial charge on any atom is 0.338 e. The first kappa shape index (κ1) is 18.7. The van der Waals surface area contributed by atoms with Gasteiger partial charge in [0.25, 0.3) is 0 Å². The van der Waals surface area contributed by atoms with Gasteiger partial charge in [0.1, 0.15) is 18.2 Å². The Hall–Kier alpha value is -2.06. The van der Waals surface area contributed by atoms with Gasteiger partial charge in [0.2, 0.25) is 0 Å². The van der Waals surface area contributed by atoms with Crippen molar-refractivity contribution in [1.29, 1.82) is 0 Å². The topological polar surface area (TPSA) is 50.8 Å². The fourth-order valence-electron chi connectivity index (χ4n) is 3.09. The molecule has 1 aliphatic carbocycles. The molecule has 8 heteroatoms. The molecular formula is C18H20F2N2O3S. The maximum absolute atomic E-state index is 14.4. The Labute approximate surface area is 155 Å². The van der Waals surface area contributed by atoms with Crippen LogP contribution < -0.4 is 5.32 Å². The van der Waals surface area contributed by atoms with Gasteiger partial charge in [0.15, 0.2) is 5.11 Å². The van der Waals surface area contributed by atoms with E-state index in [9.17, 15) is 13.6 Å². The summed E-state index contributed by atoms with van der Waals surface area (Å²) in [7, 11) is 1.49. The van der Waals surface area contributed by atoms with Crippen LogP contribution in [0.1, 0.15) is 31.4 Å². The summed E-state index contributed by atoms with van der Waals surface area (Å²) in [4.78, 5) is 14.5. The molecular weight excluding hydrogens is 362 g/mol. The molecule has 26 heavy (non-hydrogen) atoms. The molecule has 0 amide bonds. The molecule has 1 atom stereocenters. The molecule has 2 aliphatic rings. The van der Waals surface area contributed by atoms with E-state index in [0.29, 0.717) is 10.8 Å². The first-order chi connectivity index (χ1) is 12.5. The van der Waals surface area contributed by atoms with Crippen LogP contribution in [-0.2, 0) is 14.3 Å². The lowest BCUT2D eigenvalue weighted by atomic mass is 9.94. The Balaban J connectivity index is 2.03. The largest absolute Gasteiger partial charge is 0.460 e. The van der Waals surface area contributed by atoms with E-state index in [1.165, 1.54) is 13.2 Å². The van der Waals surface area contributed by atoms with Crippen LogP contribution in [0.25, 0.3) is 0 Å². The van der Waals surface area contributed by atoms with Crippen molar-refractivity contribution in [1.82, 2.24) is 10.2 Å². The molecule has 0 spiro atoms. The van der Waals surface area contributed by atoms with Crippen LogP contribution in [0.4, 0.5) is 8.78 Å². The second kappa shape index (κ2) is 7.67. The molecule has 0 bridgehead atoms. The number of rotatable bonds is 6. The standard InChI is InChI=1S/C18H20F2N2O3S/c1-10-14(17(23)25-9-8-24-2)16(15-12(19)4-3-5-13(15)20)21-18(26)22(10)11-6-7-11/h3-5,11,16H,6-9H2,1-2H3,(H,21,26)/t16-/m0/s1. The number of hydrogen-bond donors (Lipinski definition) is 1. The lowest BCUT2D eigenvalue weighted by molar-refractivity contribution is -0.140. The van der Waals surface area contributed by atoms with Crippen molar-refractivity contribution in [2.45, 2.75) is 31.8 Å². The highest BCUT2D eigenvalue weighted by Gasteiger charge is 2.42. The van der Waals surface area contributed by atoms with Crippen molar-refractivity contribution in [2.24, 2.45) is 0 Å². The summed E-state index contributed by atoms with van der Waals surface area (Å²) in [6.45, 7) is 2.01. The van der Waals surface area contributed by atoms with Gasteiger partial charge in [-0.2, -0.15) is 0 Å². The maximum atomic E-state index is 14.4. The summed E-state index contributed by atoms with van der Waals surface area (Å²) in [5.74, 6) is -2.15. The summed E-state index contributed by atoms with van der Waals surface area (Å²) in [5.41, 5.74) is 0.472. The summed E-state index contributed by atoms with van der Waals surface area (Å²) < 4.78 is 38.9. The number of allylic oxidation sites excluding steroid dienone is 1. The van der Waals surface area contributed by atoms with E-state index in [2.05, 4.69) is 5.32 Å². The number of thiocarbonyl (C=S) groups is 1. The molecule has 0 saturated heterocycles. The van der Waals surface area contributed by atoms with Gasteiger partial charge in [-0.25, -0.2) is 13.6 Å². The lowest BCUT2D eigenvalue weighted by Gasteiger charge is -2.37. The smallest absolute Gasteiger partial charge is 0.338 e. The van der Waals surface area contributed by atoms with E-state index in [1.807, 2.05) is 4.90 Å². The van der Waals surface area contributed by atoms with Crippen LogP contribution in [0.15, 0.2) is 29.5 Å². The van der Waals surface area contributed by atoms with Gasteiger partial charge < -0.3 is 19.7 Å². The minimum Gasteiger partial charge on any atom is -0.460 e. The van der Waals surface area contributed by atoms with Gasteiger partial charge in [0.05, 0.1) is 23.8 Å². The highest BCUT2D eigenvalue weighted by molar-refractivity contribution is 7.80. The van der Waals surface area contributed by atoms with Crippen molar-refractivity contribution < 1.29 is 23.0 Å². The number of halogens is 2. The zero-order chi connectivity index (χ0) is 18.8. The Kier molecular flexibility index (Phi) is 5.52. The molecule has 1 aliphatic heterocycles. The molecule has 140 valence electrons. The minimum absolute atomic E-state index is 0.0481. The molecule has 1 aromatic carbocycles. The first-order valence-corrected chi connectivity index (χ1v) is 8.77. The average molecular weight is 382 g/mol. The number of hydrogen-bond acceptors (Lipinski definition) is 4. The fraction of sp³-hybridized carbons (Fsp3) is 0.444. The number of carbonyl (C=O) groups excluding carboxylic acids is 1. The van der Waals surface area contributed by atoms with E-state index in [1.54, 1.807) is 6.92 Å². The van der Waals surface area contributed by atoms with E-state index >= 15 is 0 Å². The zero-order valence-corrected chi connectivity index (χ0v) is 15.4. The lowest BCUT2D eigenvalue weighted by Crippen LogP contribution is -2.49. The Morgan fingerprint density at radius 2 is 1.96 bits per heavy atom. The van der Waals surface area contributed by atoms with E-state index in [-0.39, 0.29) is 30.4 Å². The number of ether oxygens (including phenoxy) is 2. The van der Waals surface area contributed by atoms with Gasteiger partial charge in [-0.05, 0) is 44.1 Å². The fourth-order valence-corrected chi connectivity index (χ4v) is 3.50. The summed E-state index contributed by atoms with van der Waals surface area (Å²) in [6, 6.07) is 2.73. The third-order valence-corrected chi connectivity index (χ3v) is 4.78. The van der Waals surface area contributed by atoms with Crippen molar-refractivity contribution in [2.75, 3.05) is 20.3 Å². The Bertz CT molecular complexity index is 745. The van der Waals surface area contributed by atoms with Crippen LogP contribution >= 0.6 is 12.2 Å². The van der Waals surface area contributed by atoms with Crippen molar-refractivity contribution in [3.8, 4) is 0 Å². The minimum atomic E-state index is -1.05.